The largest absolute Gasteiger partial charge is 0.471 e. The van der Waals surface area contributed by atoms with Gasteiger partial charge in [0.1, 0.15) is 25.1 Å². The number of aromatic amines is 1. The monoisotopic (exact) mass is 1120 g/mol. The molecule has 0 saturated carbocycles. The number of imidazole rings is 1. The van der Waals surface area contributed by atoms with Crippen molar-refractivity contribution in [3.05, 3.63) is 125 Å². The molecule has 27 nitrogen and oxygen atoms in total. The van der Waals surface area contributed by atoms with Gasteiger partial charge in [-0.1, -0.05) is 60.7 Å². The molecule has 9 N–H and O–H groups in total. The van der Waals surface area contributed by atoms with Crippen LogP contribution in [0, 0.1) is 0 Å². The van der Waals surface area contributed by atoms with Crippen molar-refractivity contribution >= 4 is 52.6 Å². The molecule has 0 saturated heterocycles. The molecule has 0 radical (unpaired) electrons. The standard InChI is InChI=1S/C54H67N13O14/c55-44-13-14-60-54(64-44)81-35-40-7-5-37(6-8-40)32-61-53(72)59-17-20-75-23-26-76-25-22-74-19-16-58-48(69)43(67-50(70)41-3-1-2-4-42(41)51(67)71)31-45(68)57-15-18-73-21-24-77-27-28-78-29-30-79-33-38-9-11-39(12-10-38)34-80-49-46-47(63-36-62-46)65-52(56)66-49/h1-14,36,43H,15-35H2,(H,57,68)(H,58,69)(H2,55,60,64)(H2,59,61,72)(H3,56,62,63,65,66). The third-order valence-corrected chi connectivity index (χ3v) is 11.8. The van der Waals surface area contributed by atoms with E-state index in [1.807, 2.05) is 48.5 Å². The molecule has 27 heteroatoms. The highest BCUT2D eigenvalue weighted by Gasteiger charge is 2.43. The molecule has 0 aliphatic carbocycles. The van der Waals surface area contributed by atoms with E-state index in [-0.39, 0.29) is 95.1 Å². The van der Waals surface area contributed by atoms with E-state index in [2.05, 4.69) is 51.2 Å². The average molecular weight is 1120 g/mol. The Morgan fingerprint density at radius 1 is 0.543 bits per heavy atom. The first-order valence-corrected chi connectivity index (χ1v) is 26.1. The van der Waals surface area contributed by atoms with E-state index in [0.717, 1.165) is 27.2 Å². The van der Waals surface area contributed by atoms with Crippen molar-refractivity contribution in [2.75, 3.05) is 117 Å². The number of H-pyrrole nitrogens is 1. The Hall–Kier alpha value is -8.44. The maximum absolute atomic E-state index is 13.5. The van der Waals surface area contributed by atoms with Gasteiger partial charge in [0.25, 0.3) is 11.8 Å². The van der Waals surface area contributed by atoms with Crippen LogP contribution in [0.15, 0.2) is 91.4 Å². The summed E-state index contributed by atoms with van der Waals surface area (Å²) in [5.41, 5.74) is 16.5. The molecule has 6 amide bonds. The van der Waals surface area contributed by atoms with Gasteiger partial charge in [-0.15, -0.1) is 0 Å². The Kier molecular flexibility index (Phi) is 24.7. The first kappa shape index (κ1) is 60.2. The lowest BCUT2D eigenvalue weighted by Crippen LogP contribution is -2.52. The fourth-order valence-electron chi connectivity index (χ4n) is 7.67. The van der Waals surface area contributed by atoms with Gasteiger partial charge in [0.15, 0.2) is 11.2 Å². The number of rotatable bonds is 38. The van der Waals surface area contributed by atoms with E-state index in [9.17, 15) is 24.0 Å². The lowest BCUT2D eigenvalue weighted by Gasteiger charge is -2.25. The third kappa shape index (κ3) is 20.3. The summed E-state index contributed by atoms with van der Waals surface area (Å²) in [6.45, 7) is 5.42. The van der Waals surface area contributed by atoms with E-state index >= 15 is 0 Å². The minimum atomic E-state index is -1.42. The van der Waals surface area contributed by atoms with Crippen molar-refractivity contribution in [1.29, 1.82) is 0 Å². The number of hydrogen-bond donors (Lipinski definition) is 7. The van der Waals surface area contributed by atoms with Gasteiger partial charge in [0.05, 0.1) is 116 Å². The highest BCUT2D eigenvalue weighted by atomic mass is 16.6. The van der Waals surface area contributed by atoms with Gasteiger partial charge in [-0.05, 0) is 40.5 Å². The number of nitrogen functional groups attached to an aromatic ring is 2. The van der Waals surface area contributed by atoms with Gasteiger partial charge in [-0.25, -0.2) is 14.8 Å². The number of nitrogens with two attached hydrogens (primary N) is 2. The molecule has 0 bridgehead atoms. The highest BCUT2D eigenvalue weighted by Crippen LogP contribution is 2.26. The summed E-state index contributed by atoms with van der Waals surface area (Å²) < 4.78 is 50.5. The molecule has 432 valence electrons. The van der Waals surface area contributed by atoms with E-state index in [0.29, 0.717) is 88.8 Å². The molecule has 1 aliphatic heterocycles. The number of fused-ring (bicyclic) bond motifs is 2. The molecule has 0 fully saturated rings. The quantitative estimate of drug-likeness (QED) is 0.0215. The topological polar surface area (TPSA) is 352 Å². The van der Waals surface area contributed by atoms with Crippen LogP contribution in [0.3, 0.4) is 0 Å². The number of hydrogen-bond acceptors (Lipinski definition) is 21. The maximum Gasteiger partial charge on any atom is 0.318 e. The van der Waals surface area contributed by atoms with Gasteiger partial charge in [-0.3, -0.25) is 24.1 Å². The Balaban J connectivity index is 0.666. The van der Waals surface area contributed by atoms with Crippen LogP contribution in [0.2, 0.25) is 0 Å². The Morgan fingerprint density at radius 2 is 1.06 bits per heavy atom. The number of carbonyl (C=O) groups excluding carboxylic acids is 5. The summed E-state index contributed by atoms with van der Waals surface area (Å²) in [6.07, 6.45) is 2.56. The van der Waals surface area contributed by atoms with Crippen LogP contribution in [0.1, 0.15) is 49.4 Å². The second-order valence-corrected chi connectivity index (χ2v) is 17.7. The molecular weight excluding hydrogens is 1050 g/mol. The number of anilines is 2. The van der Waals surface area contributed by atoms with Crippen LogP contribution >= 0.6 is 0 Å². The van der Waals surface area contributed by atoms with Crippen LogP contribution in [-0.4, -0.2) is 176 Å². The smallest absolute Gasteiger partial charge is 0.318 e. The van der Waals surface area contributed by atoms with Crippen LogP contribution < -0.4 is 42.2 Å². The number of nitrogens with zero attached hydrogens (tertiary/aromatic N) is 6. The normalized spacial score (nSPS) is 12.3. The zero-order chi connectivity index (χ0) is 56.9. The van der Waals surface area contributed by atoms with Crippen molar-refractivity contribution in [1.82, 2.24) is 56.1 Å². The number of imide groups is 1. The van der Waals surface area contributed by atoms with Gasteiger partial charge >= 0.3 is 12.0 Å². The summed E-state index contributed by atoms with van der Waals surface area (Å²) in [5.74, 6) is -1.85. The molecule has 3 aromatic carbocycles. The van der Waals surface area contributed by atoms with Crippen LogP contribution in [0.5, 0.6) is 11.9 Å². The third-order valence-electron chi connectivity index (χ3n) is 11.8. The number of benzene rings is 3. The first-order valence-electron chi connectivity index (χ1n) is 26.1. The molecule has 1 aliphatic rings. The molecule has 81 heavy (non-hydrogen) atoms. The van der Waals surface area contributed by atoms with E-state index < -0.39 is 36.1 Å². The Bertz CT molecular complexity index is 2900. The zero-order valence-electron chi connectivity index (χ0n) is 44.6. The highest BCUT2D eigenvalue weighted by molar-refractivity contribution is 6.23. The molecule has 7 rings (SSSR count). The number of carbonyl (C=O) groups is 5. The summed E-state index contributed by atoms with van der Waals surface area (Å²) in [6, 6.07) is 21.6. The summed E-state index contributed by atoms with van der Waals surface area (Å²) in [5, 5.41) is 10.9. The fourth-order valence-corrected chi connectivity index (χ4v) is 7.67. The molecule has 4 heterocycles. The maximum atomic E-state index is 13.5. The molecule has 1 unspecified atom stereocenters. The van der Waals surface area contributed by atoms with E-state index in [1.54, 1.807) is 18.2 Å². The number of urea groups is 1. The predicted octanol–water partition coefficient (Wildman–Crippen LogP) is 1.87. The average Bonchev–Trinajstić information content (AvgIpc) is 4.14. The second kappa shape index (κ2) is 33.2. The summed E-state index contributed by atoms with van der Waals surface area (Å²) in [7, 11) is 0. The minimum Gasteiger partial charge on any atom is -0.471 e. The SMILES string of the molecule is Nc1ccnc(OCc2ccc(CNC(=O)NCCOCCOCCOCCNC(=O)C(CC(=O)NCCOCCOCCOCCOCc3ccc(COc4nc(N)nc5[nH]cnc45)cc3)N3C(=O)c4ccccc4C3=O)cc2)n1. The first-order chi connectivity index (χ1) is 39.6. The van der Waals surface area contributed by atoms with Crippen molar-refractivity contribution in [3.63, 3.8) is 0 Å². The molecule has 3 aromatic heterocycles. The van der Waals surface area contributed by atoms with Gasteiger partial charge in [-0.2, -0.15) is 15.0 Å². The number of aromatic nitrogens is 6. The van der Waals surface area contributed by atoms with Gasteiger partial charge in [0.2, 0.25) is 23.6 Å². The molecule has 1 atom stereocenters. The fraction of sp³-hybridized carbons (Fsp3) is 0.407. The van der Waals surface area contributed by atoms with Crippen molar-refractivity contribution in [2.45, 2.75) is 38.8 Å². The molecule has 0 spiro atoms. The van der Waals surface area contributed by atoms with E-state index in [1.165, 1.54) is 24.7 Å². The van der Waals surface area contributed by atoms with Crippen molar-refractivity contribution < 1.29 is 66.6 Å². The van der Waals surface area contributed by atoms with Crippen LogP contribution in [0.25, 0.3) is 11.2 Å². The summed E-state index contributed by atoms with van der Waals surface area (Å²) >= 11 is 0. The van der Waals surface area contributed by atoms with Crippen LogP contribution in [-0.2, 0) is 69.1 Å². The minimum absolute atomic E-state index is 0.0412. The van der Waals surface area contributed by atoms with Crippen molar-refractivity contribution in [3.8, 4) is 11.9 Å². The lowest BCUT2D eigenvalue weighted by molar-refractivity contribution is -0.130. The lowest BCUT2D eigenvalue weighted by atomic mass is 10.1. The van der Waals surface area contributed by atoms with Crippen molar-refractivity contribution in [2.24, 2.45) is 0 Å². The zero-order valence-corrected chi connectivity index (χ0v) is 44.6. The number of ether oxygens (including phenoxy) is 9. The van der Waals surface area contributed by atoms with Crippen LogP contribution in [0.4, 0.5) is 16.6 Å². The Morgan fingerprint density at radius 3 is 1.65 bits per heavy atom. The van der Waals surface area contributed by atoms with Gasteiger partial charge < -0.3 is 80.4 Å². The predicted molar refractivity (Wildman–Crippen MR) is 290 cm³/mol. The summed E-state index contributed by atoms with van der Waals surface area (Å²) in [4.78, 5) is 89.6. The number of nitrogens with one attached hydrogen (secondary N) is 5. The Labute approximate surface area is 466 Å². The van der Waals surface area contributed by atoms with Gasteiger partial charge in [0, 0.05) is 32.4 Å². The second-order valence-electron chi connectivity index (χ2n) is 17.7. The van der Waals surface area contributed by atoms with E-state index in [4.69, 9.17) is 54.1 Å². The molecular formula is C54H67N13O14. The number of amides is 6. The molecule has 6 aromatic rings.